The number of rotatable bonds is 3. The van der Waals surface area contributed by atoms with Crippen molar-refractivity contribution in [3.05, 3.63) is 29.8 Å². The van der Waals surface area contributed by atoms with E-state index in [9.17, 15) is 0 Å². The van der Waals surface area contributed by atoms with E-state index in [2.05, 4.69) is 0 Å². The average molecular weight is 187 g/mol. The van der Waals surface area contributed by atoms with Crippen molar-refractivity contribution in [2.45, 2.75) is 12.5 Å². The third kappa shape index (κ3) is 2.40. The Morgan fingerprint density at radius 3 is 2.92 bits per heavy atom. The van der Waals surface area contributed by atoms with Crippen molar-refractivity contribution in [1.29, 1.82) is 0 Å². The zero-order valence-corrected chi connectivity index (χ0v) is 7.58. The van der Waals surface area contributed by atoms with Crippen LogP contribution in [0.3, 0.4) is 0 Å². The number of hydrogen-bond acceptors (Lipinski definition) is 2. The molecule has 0 saturated heterocycles. The molecule has 12 heavy (non-hydrogen) atoms. The summed E-state index contributed by atoms with van der Waals surface area (Å²) in [5, 5.41) is 9.03. The summed E-state index contributed by atoms with van der Waals surface area (Å²) >= 11 is 5.48. The summed E-state index contributed by atoms with van der Waals surface area (Å²) in [5.74, 6) is 0.731. The summed E-state index contributed by atoms with van der Waals surface area (Å²) in [5.41, 5.74) is -0.298. The Balaban J connectivity index is 2.81. The van der Waals surface area contributed by atoms with Gasteiger partial charge in [0.05, 0.1) is 6.61 Å². The van der Waals surface area contributed by atoms with E-state index in [4.69, 9.17) is 21.4 Å². The minimum Gasteiger partial charge on any atom is -0.494 e. The van der Waals surface area contributed by atoms with E-state index in [0.29, 0.717) is 12.2 Å². The molecule has 1 aromatic rings. The Morgan fingerprint density at radius 1 is 1.58 bits per heavy atom. The van der Waals surface area contributed by atoms with E-state index in [1.807, 2.05) is 13.0 Å². The second-order valence-electron chi connectivity index (χ2n) is 2.34. The van der Waals surface area contributed by atoms with Gasteiger partial charge in [-0.25, -0.2) is 0 Å². The van der Waals surface area contributed by atoms with Gasteiger partial charge < -0.3 is 9.84 Å². The number of halogens is 1. The standard InChI is InChI=1S/C9H11ClO2/c1-2-12-8-5-3-4-7(6-8)9(10)11/h3-6,9,11H,2H2,1H3. The Kier molecular flexibility index (Phi) is 3.38. The van der Waals surface area contributed by atoms with Crippen LogP contribution in [0.2, 0.25) is 0 Å². The monoisotopic (exact) mass is 186 g/mol. The first kappa shape index (κ1) is 9.36. The number of alkyl halides is 1. The van der Waals surface area contributed by atoms with Gasteiger partial charge in [-0.15, -0.1) is 0 Å². The first-order valence-corrected chi connectivity index (χ1v) is 4.22. The second-order valence-corrected chi connectivity index (χ2v) is 2.75. The van der Waals surface area contributed by atoms with Crippen molar-refractivity contribution in [1.82, 2.24) is 0 Å². The van der Waals surface area contributed by atoms with E-state index in [0.717, 1.165) is 5.75 Å². The van der Waals surface area contributed by atoms with E-state index in [-0.39, 0.29) is 0 Å². The van der Waals surface area contributed by atoms with Gasteiger partial charge >= 0.3 is 0 Å². The molecule has 0 aliphatic carbocycles. The Hall–Kier alpha value is -0.730. The van der Waals surface area contributed by atoms with Crippen molar-refractivity contribution in [3.8, 4) is 5.75 Å². The Morgan fingerprint density at radius 2 is 2.33 bits per heavy atom. The largest absolute Gasteiger partial charge is 0.494 e. The molecule has 0 aliphatic rings. The summed E-state index contributed by atoms with van der Waals surface area (Å²) < 4.78 is 5.23. The van der Waals surface area contributed by atoms with Crippen LogP contribution in [0.5, 0.6) is 5.75 Å². The van der Waals surface area contributed by atoms with Crippen LogP contribution in [-0.4, -0.2) is 11.7 Å². The zero-order valence-electron chi connectivity index (χ0n) is 6.83. The highest BCUT2D eigenvalue weighted by Crippen LogP contribution is 2.21. The number of benzene rings is 1. The molecule has 0 bridgehead atoms. The maximum Gasteiger partial charge on any atom is 0.153 e. The van der Waals surface area contributed by atoms with Crippen LogP contribution in [0.25, 0.3) is 0 Å². The van der Waals surface area contributed by atoms with E-state index >= 15 is 0 Å². The molecule has 0 aliphatic heterocycles. The molecule has 0 fully saturated rings. The molecule has 1 aromatic carbocycles. The van der Waals surface area contributed by atoms with Gasteiger partial charge in [0.2, 0.25) is 0 Å². The molecule has 1 unspecified atom stereocenters. The summed E-state index contributed by atoms with van der Waals surface area (Å²) in [7, 11) is 0. The number of aliphatic hydroxyl groups is 1. The molecule has 0 radical (unpaired) electrons. The second kappa shape index (κ2) is 4.33. The van der Waals surface area contributed by atoms with E-state index < -0.39 is 5.56 Å². The third-order valence-electron chi connectivity index (χ3n) is 1.44. The van der Waals surface area contributed by atoms with Crippen molar-refractivity contribution in [3.63, 3.8) is 0 Å². The lowest BCUT2D eigenvalue weighted by Crippen LogP contribution is -1.93. The minimum absolute atomic E-state index is 0.613. The fourth-order valence-electron chi connectivity index (χ4n) is 0.919. The molecular formula is C9H11ClO2. The van der Waals surface area contributed by atoms with Crippen molar-refractivity contribution in [2.75, 3.05) is 6.61 Å². The number of hydrogen-bond donors (Lipinski definition) is 1. The fourth-order valence-corrected chi connectivity index (χ4v) is 1.05. The molecule has 3 heteroatoms. The van der Waals surface area contributed by atoms with Crippen molar-refractivity contribution >= 4 is 11.6 Å². The first-order chi connectivity index (χ1) is 5.74. The maximum absolute atomic E-state index is 9.03. The molecule has 0 amide bonds. The van der Waals surface area contributed by atoms with Crippen LogP contribution in [0.4, 0.5) is 0 Å². The number of ether oxygens (including phenoxy) is 1. The van der Waals surface area contributed by atoms with Crippen LogP contribution < -0.4 is 4.74 Å². The fraction of sp³-hybridized carbons (Fsp3) is 0.333. The number of aliphatic hydroxyl groups excluding tert-OH is 1. The molecule has 0 saturated carbocycles. The van der Waals surface area contributed by atoms with Gasteiger partial charge in [0.25, 0.3) is 0 Å². The van der Waals surface area contributed by atoms with Crippen LogP contribution in [0.15, 0.2) is 24.3 Å². The van der Waals surface area contributed by atoms with Crippen molar-refractivity contribution in [2.24, 2.45) is 0 Å². The molecule has 0 heterocycles. The van der Waals surface area contributed by atoms with E-state index in [1.54, 1.807) is 18.2 Å². The van der Waals surface area contributed by atoms with Gasteiger partial charge in [0, 0.05) is 0 Å². The van der Waals surface area contributed by atoms with Gasteiger partial charge in [0.1, 0.15) is 5.75 Å². The molecule has 66 valence electrons. The molecule has 1 N–H and O–H groups in total. The van der Waals surface area contributed by atoms with Gasteiger partial charge in [0.15, 0.2) is 5.56 Å². The Labute approximate surface area is 76.7 Å². The highest BCUT2D eigenvalue weighted by molar-refractivity contribution is 6.19. The van der Waals surface area contributed by atoms with Gasteiger partial charge in [-0.2, -0.15) is 0 Å². The topological polar surface area (TPSA) is 29.5 Å². The highest BCUT2D eigenvalue weighted by Gasteiger charge is 2.02. The quantitative estimate of drug-likeness (QED) is 0.735. The van der Waals surface area contributed by atoms with Crippen LogP contribution in [0.1, 0.15) is 18.1 Å². The smallest absolute Gasteiger partial charge is 0.153 e. The lowest BCUT2D eigenvalue weighted by molar-refractivity contribution is 0.261. The molecule has 0 aromatic heterocycles. The lowest BCUT2D eigenvalue weighted by atomic mass is 10.2. The maximum atomic E-state index is 9.03. The summed E-state index contributed by atoms with van der Waals surface area (Å²) in [6.07, 6.45) is 0. The molecular weight excluding hydrogens is 176 g/mol. The lowest BCUT2D eigenvalue weighted by Gasteiger charge is -2.06. The minimum atomic E-state index is -0.953. The summed E-state index contributed by atoms with van der Waals surface area (Å²) in [4.78, 5) is 0. The molecule has 0 spiro atoms. The SMILES string of the molecule is CCOc1cccc(C(O)Cl)c1. The van der Waals surface area contributed by atoms with Crippen LogP contribution >= 0.6 is 11.6 Å². The third-order valence-corrected chi connectivity index (χ3v) is 1.70. The van der Waals surface area contributed by atoms with Crippen LogP contribution in [-0.2, 0) is 0 Å². The van der Waals surface area contributed by atoms with Gasteiger partial charge in [-0.3, -0.25) is 0 Å². The van der Waals surface area contributed by atoms with Gasteiger partial charge in [-0.05, 0) is 24.6 Å². The average Bonchev–Trinajstić information content (AvgIpc) is 2.05. The zero-order chi connectivity index (χ0) is 8.97. The predicted octanol–water partition coefficient (Wildman–Crippen LogP) is 2.32. The Bertz CT molecular complexity index is 248. The van der Waals surface area contributed by atoms with Crippen molar-refractivity contribution < 1.29 is 9.84 Å². The first-order valence-electron chi connectivity index (χ1n) is 3.79. The predicted molar refractivity (Wildman–Crippen MR) is 48.4 cm³/mol. The summed E-state index contributed by atoms with van der Waals surface area (Å²) in [6, 6.07) is 7.10. The normalized spacial score (nSPS) is 12.6. The highest BCUT2D eigenvalue weighted by atomic mass is 35.5. The molecule has 1 atom stereocenters. The van der Waals surface area contributed by atoms with E-state index in [1.165, 1.54) is 0 Å². The molecule has 1 rings (SSSR count). The molecule has 2 nitrogen and oxygen atoms in total. The van der Waals surface area contributed by atoms with Gasteiger partial charge in [-0.1, -0.05) is 23.7 Å². The van der Waals surface area contributed by atoms with Crippen LogP contribution in [0, 0.1) is 0 Å². The summed E-state index contributed by atoms with van der Waals surface area (Å²) in [6.45, 7) is 2.52.